The first-order valence-corrected chi connectivity index (χ1v) is 9.38. The largest absolute Gasteiger partial charge is 0.352 e. The Labute approximate surface area is 145 Å². The molecule has 124 valence electrons. The van der Waals surface area contributed by atoms with Crippen LogP contribution in [0.3, 0.4) is 0 Å². The maximum atomic E-state index is 12.4. The molecular formula is C19H21N3OS. The topological polar surface area (TPSA) is 46.9 Å². The molecule has 1 aromatic carbocycles. The van der Waals surface area contributed by atoms with Gasteiger partial charge in [0, 0.05) is 30.0 Å². The Morgan fingerprint density at radius 1 is 1.42 bits per heavy atom. The average molecular weight is 339 g/mol. The lowest BCUT2D eigenvalue weighted by molar-refractivity contribution is 0.0954. The van der Waals surface area contributed by atoms with Crippen molar-refractivity contribution in [3.63, 3.8) is 0 Å². The van der Waals surface area contributed by atoms with Crippen LogP contribution in [0.25, 0.3) is 11.0 Å². The standard InChI is InChI=1S/C19H21N3OS/c1-13-7-9-22-17-5-4-14(12-16(17)21-18(22)11-13)19(23)20-8-6-15-3-2-10-24-15/h2-5,10,12-13H,6-9,11H2,1H3,(H,20,23)/t13-/m0/s1. The van der Waals surface area contributed by atoms with Crippen LogP contribution in [0.15, 0.2) is 35.7 Å². The number of imidazole rings is 1. The number of carbonyl (C=O) groups is 1. The summed E-state index contributed by atoms with van der Waals surface area (Å²) in [6.07, 6.45) is 3.10. The van der Waals surface area contributed by atoms with E-state index in [1.54, 1.807) is 11.3 Å². The number of hydrogen-bond donors (Lipinski definition) is 1. The van der Waals surface area contributed by atoms with Gasteiger partial charge in [-0.2, -0.15) is 0 Å². The van der Waals surface area contributed by atoms with Crippen molar-refractivity contribution in [1.82, 2.24) is 14.9 Å². The smallest absolute Gasteiger partial charge is 0.251 e. The van der Waals surface area contributed by atoms with Gasteiger partial charge in [-0.25, -0.2) is 4.98 Å². The van der Waals surface area contributed by atoms with E-state index in [4.69, 9.17) is 4.98 Å². The Morgan fingerprint density at radius 2 is 2.33 bits per heavy atom. The van der Waals surface area contributed by atoms with Gasteiger partial charge in [0.05, 0.1) is 11.0 Å². The molecule has 0 saturated carbocycles. The third-order valence-electron chi connectivity index (χ3n) is 4.70. The van der Waals surface area contributed by atoms with Gasteiger partial charge in [0.15, 0.2) is 0 Å². The Hall–Kier alpha value is -2.14. The molecule has 1 amide bonds. The number of aryl methyl sites for hydroxylation is 1. The van der Waals surface area contributed by atoms with Gasteiger partial charge >= 0.3 is 0 Å². The van der Waals surface area contributed by atoms with E-state index in [0.29, 0.717) is 18.0 Å². The molecule has 4 nitrogen and oxygen atoms in total. The molecule has 24 heavy (non-hydrogen) atoms. The zero-order valence-electron chi connectivity index (χ0n) is 13.8. The predicted octanol–water partition coefficient (Wildman–Crippen LogP) is 3.65. The number of fused-ring (bicyclic) bond motifs is 3. The highest BCUT2D eigenvalue weighted by Crippen LogP contribution is 2.25. The number of carbonyl (C=O) groups excluding carboxylic acids is 1. The van der Waals surface area contributed by atoms with Crippen LogP contribution >= 0.6 is 11.3 Å². The summed E-state index contributed by atoms with van der Waals surface area (Å²) in [6, 6.07) is 10.0. The Morgan fingerprint density at radius 3 is 3.17 bits per heavy atom. The van der Waals surface area contributed by atoms with E-state index in [1.807, 2.05) is 24.3 Å². The molecule has 3 aromatic rings. The number of amides is 1. The number of thiophene rings is 1. The van der Waals surface area contributed by atoms with Gasteiger partial charge in [-0.05, 0) is 48.4 Å². The van der Waals surface area contributed by atoms with Crippen molar-refractivity contribution in [3.8, 4) is 0 Å². The average Bonchev–Trinajstić information content (AvgIpc) is 3.20. The predicted molar refractivity (Wildman–Crippen MR) is 97.6 cm³/mol. The highest BCUT2D eigenvalue weighted by Gasteiger charge is 2.19. The SMILES string of the molecule is C[C@H]1CCn2c(nc3cc(C(=O)NCCc4cccs4)ccc32)C1. The first-order chi connectivity index (χ1) is 11.7. The van der Waals surface area contributed by atoms with Crippen molar-refractivity contribution in [1.29, 1.82) is 0 Å². The first-order valence-electron chi connectivity index (χ1n) is 8.50. The van der Waals surface area contributed by atoms with Crippen molar-refractivity contribution in [3.05, 3.63) is 52.0 Å². The Bertz CT molecular complexity index is 866. The highest BCUT2D eigenvalue weighted by atomic mass is 32.1. The summed E-state index contributed by atoms with van der Waals surface area (Å²) in [5, 5.41) is 5.07. The van der Waals surface area contributed by atoms with E-state index < -0.39 is 0 Å². The summed E-state index contributed by atoms with van der Waals surface area (Å²) in [6.45, 7) is 3.96. The quantitative estimate of drug-likeness (QED) is 0.789. The van der Waals surface area contributed by atoms with Crippen molar-refractivity contribution >= 4 is 28.3 Å². The molecule has 0 spiro atoms. The van der Waals surface area contributed by atoms with E-state index in [2.05, 4.69) is 28.3 Å². The summed E-state index contributed by atoms with van der Waals surface area (Å²) >= 11 is 1.72. The van der Waals surface area contributed by atoms with Crippen LogP contribution in [0.5, 0.6) is 0 Å². The van der Waals surface area contributed by atoms with Crippen LogP contribution in [-0.2, 0) is 19.4 Å². The number of hydrogen-bond acceptors (Lipinski definition) is 3. The number of benzene rings is 1. The molecule has 0 saturated heterocycles. The number of nitrogens with zero attached hydrogens (tertiary/aromatic N) is 2. The van der Waals surface area contributed by atoms with E-state index in [1.165, 1.54) is 11.3 Å². The molecule has 5 heteroatoms. The summed E-state index contributed by atoms with van der Waals surface area (Å²) in [7, 11) is 0. The minimum Gasteiger partial charge on any atom is -0.352 e. The molecule has 0 aliphatic carbocycles. The second-order valence-corrected chi connectivity index (χ2v) is 7.60. The molecule has 0 unspecified atom stereocenters. The minimum absolute atomic E-state index is 0.0206. The van der Waals surface area contributed by atoms with Crippen molar-refractivity contribution in [2.45, 2.75) is 32.7 Å². The van der Waals surface area contributed by atoms with Gasteiger partial charge in [-0.3, -0.25) is 4.79 Å². The van der Waals surface area contributed by atoms with Gasteiger partial charge in [0.1, 0.15) is 5.82 Å². The zero-order valence-corrected chi connectivity index (χ0v) is 14.6. The summed E-state index contributed by atoms with van der Waals surface area (Å²) in [5.74, 6) is 1.82. The van der Waals surface area contributed by atoms with E-state index >= 15 is 0 Å². The van der Waals surface area contributed by atoms with Gasteiger partial charge < -0.3 is 9.88 Å². The molecule has 0 bridgehead atoms. The third kappa shape index (κ3) is 2.96. The number of nitrogens with one attached hydrogen (secondary N) is 1. The number of rotatable bonds is 4. The van der Waals surface area contributed by atoms with Gasteiger partial charge in [-0.1, -0.05) is 13.0 Å². The molecular weight excluding hydrogens is 318 g/mol. The molecule has 0 radical (unpaired) electrons. The first kappa shape index (κ1) is 15.4. The monoisotopic (exact) mass is 339 g/mol. The van der Waals surface area contributed by atoms with Crippen LogP contribution < -0.4 is 5.32 Å². The van der Waals surface area contributed by atoms with Crippen LogP contribution in [-0.4, -0.2) is 22.0 Å². The molecule has 0 fully saturated rings. The van der Waals surface area contributed by atoms with Crippen molar-refractivity contribution in [2.24, 2.45) is 5.92 Å². The molecule has 1 N–H and O–H groups in total. The Balaban J connectivity index is 1.49. The third-order valence-corrected chi connectivity index (χ3v) is 5.64. The maximum Gasteiger partial charge on any atom is 0.251 e. The molecule has 1 atom stereocenters. The van der Waals surface area contributed by atoms with Gasteiger partial charge in [0.25, 0.3) is 5.91 Å². The second-order valence-electron chi connectivity index (χ2n) is 6.57. The second kappa shape index (κ2) is 6.40. The van der Waals surface area contributed by atoms with E-state index in [9.17, 15) is 4.79 Å². The lowest BCUT2D eigenvalue weighted by Crippen LogP contribution is -2.25. The van der Waals surface area contributed by atoms with Crippen LogP contribution in [0.2, 0.25) is 0 Å². The fraction of sp³-hybridized carbons (Fsp3) is 0.368. The lowest BCUT2D eigenvalue weighted by atomic mass is 10.0. The molecule has 4 rings (SSSR count). The Kier molecular flexibility index (Phi) is 4.10. The van der Waals surface area contributed by atoms with Crippen LogP contribution in [0.4, 0.5) is 0 Å². The van der Waals surface area contributed by atoms with Gasteiger partial charge in [0.2, 0.25) is 0 Å². The van der Waals surface area contributed by atoms with Crippen molar-refractivity contribution < 1.29 is 4.79 Å². The lowest BCUT2D eigenvalue weighted by Gasteiger charge is -2.19. The van der Waals surface area contributed by atoms with Crippen molar-refractivity contribution in [2.75, 3.05) is 6.54 Å². The summed E-state index contributed by atoms with van der Waals surface area (Å²) < 4.78 is 2.30. The fourth-order valence-corrected chi connectivity index (χ4v) is 4.05. The molecule has 2 aromatic heterocycles. The van der Waals surface area contributed by atoms with Gasteiger partial charge in [-0.15, -0.1) is 11.3 Å². The number of aromatic nitrogens is 2. The molecule has 3 heterocycles. The van der Waals surface area contributed by atoms with Crippen LogP contribution in [0.1, 0.15) is 34.4 Å². The maximum absolute atomic E-state index is 12.4. The normalized spacial score (nSPS) is 17.0. The zero-order chi connectivity index (χ0) is 16.5. The van der Waals surface area contributed by atoms with E-state index in [0.717, 1.165) is 36.2 Å². The minimum atomic E-state index is -0.0206. The summed E-state index contributed by atoms with van der Waals surface area (Å²) in [5.41, 5.74) is 2.77. The summed E-state index contributed by atoms with van der Waals surface area (Å²) in [4.78, 5) is 18.4. The highest BCUT2D eigenvalue weighted by molar-refractivity contribution is 7.09. The molecule has 1 aliphatic heterocycles. The van der Waals surface area contributed by atoms with E-state index in [-0.39, 0.29) is 5.91 Å². The van der Waals surface area contributed by atoms with Crippen LogP contribution in [0, 0.1) is 5.92 Å². The fourth-order valence-electron chi connectivity index (χ4n) is 3.35. The molecule has 1 aliphatic rings.